The first kappa shape index (κ1) is 27.7. The van der Waals surface area contributed by atoms with Crippen molar-refractivity contribution in [2.45, 2.75) is 83.8 Å². The fourth-order valence-corrected chi connectivity index (χ4v) is 6.93. The third-order valence-electron chi connectivity index (χ3n) is 9.46. The van der Waals surface area contributed by atoms with Gasteiger partial charge in [0.2, 0.25) is 5.91 Å². The number of aryl methyl sites for hydroxylation is 1. The van der Waals surface area contributed by atoms with Crippen molar-refractivity contribution in [3.05, 3.63) is 30.0 Å². The quantitative estimate of drug-likeness (QED) is 0.510. The molecule has 3 heterocycles. The van der Waals surface area contributed by atoms with Gasteiger partial charge in [0.25, 0.3) is 0 Å². The number of hydrogen-bond donors (Lipinski definition) is 1. The first-order valence-corrected chi connectivity index (χ1v) is 14.9. The van der Waals surface area contributed by atoms with Crippen LogP contribution in [0.5, 0.6) is 0 Å². The maximum absolute atomic E-state index is 14.2. The van der Waals surface area contributed by atoms with Gasteiger partial charge in [-0.15, -0.1) is 0 Å². The van der Waals surface area contributed by atoms with Crippen LogP contribution in [-0.2, 0) is 16.1 Å². The van der Waals surface area contributed by atoms with Crippen LogP contribution >= 0.6 is 0 Å². The van der Waals surface area contributed by atoms with Gasteiger partial charge in [0.1, 0.15) is 5.78 Å². The molecule has 2 aliphatic heterocycles. The molecule has 1 aromatic carbocycles. The molecule has 0 bridgehead atoms. The van der Waals surface area contributed by atoms with Crippen molar-refractivity contribution in [3.63, 3.8) is 0 Å². The lowest BCUT2D eigenvalue weighted by molar-refractivity contribution is -0.141. The summed E-state index contributed by atoms with van der Waals surface area (Å²) in [7, 11) is 3.65. The lowest BCUT2D eigenvalue weighted by Gasteiger charge is -2.35. The van der Waals surface area contributed by atoms with Crippen molar-refractivity contribution in [2.24, 2.45) is 11.8 Å². The Bertz CT molecular complexity index is 1220. The number of ketones is 1. The second-order valence-electron chi connectivity index (χ2n) is 12.1. The molecule has 3 amide bonds. The van der Waals surface area contributed by atoms with E-state index in [0.29, 0.717) is 25.4 Å². The molecule has 1 N–H and O–H groups in total. The number of rotatable bonds is 9. The van der Waals surface area contributed by atoms with Crippen molar-refractivity contribution in [3.8, 4) is 0 Å². The minimum absolute atomic E-state index is 0.0315. The highest BCUT2D eigenvalue weighted by atomic mass is 16.2. The third-order valence-corrected chi connectivity index (χ3v) is 9.46. The van der Waals surface area contributed by atoms with Gasteiger partial charge in [-0.2, -0.15) is 0 Å². The van der Waals surface area contributed by atoms with Crippen molar-refractivity contribution < 1.29 is 14.4 Å². The number of Topliss-reactive ketones (excluding diaryl/α,β-unsaturated/α-hetero) is 1. The summed E-state index contributed by atoms with van der Waals surface area (Å²) in [5.41, 5.74) is 3.21. The normalized spacial score (nSPS) is 22.2. The summed E-state index contributed by atoms with van der Waals surface area (Å²) in [5.74, 6) is 0.367. The third kappa shape index (κ3) is 5.58. The van der Waals surface area contributed by atoms with Crippen LogP contribution in [0.3, 0.4) is 0 Å². The average molecular weight is 536 g/mol. The number of hydrogen-bond acceptors (Lipinski definition) is 4. The van der Waals surface area contributed by atoms with Gasteiger partial charge in [0, 0.05) is 63.2 Å². The Balaban J connectivity index is 1.41. The molecule has 8 nitrogen and oxygen atoms in total. The minimum Gasteiger partial charge on any atom is -0.343 e. The summed E-state index contributed by atoms with van der Waals surface area (Å²) in [6.45, 7) is 6.82. The van der Waals surface area contributed by atoms with E-state index in [1.807, 2.05) is 18.9 Å². The molecule has 1 saturated carbocycles. The minimum atomic E-state index is -0.237. The Labute approximate surface area is 232 Å². The molecule has 8 heteroatoms. The molecule has 2 saturated heterocycles. The van der Waals surface area contributed by atoms with E-state index >= 15 is 0 Å². The summed E-state index contributed by atoms with van der Waals surface area (Å²) in [6, 6.07) is 6.30. The molecule has 1 aromatic heterocycles. The Kier molecular flexibility index (Phi) is 8.31. The number of nitrogens with one attached hydrogen (secondary N) is 1. The molecule has 5 rings (SSSR count). The summed E-state index contributed by atoms with van der Waals surface area (Å²) in [6.07, 6.45) is 9.98. The highest BCUT2D eigenvalue weighted by molar-refractivity contribution is 6.04. The molecular weight excluding hydrogens is 490 g/mol. The second kappa shape index (κ2) is 11.7. The monoisotopic (exact) mass is 535 g/mol. The van der Waals surface area contributed by atoms with Crippen LogP contribution in [0.1, 0.15) is 63.9 Å². The zero-order chi connectivity index (χ0) is 27.7. The Morgan fingerprint density at radius 1 is 1.05 bits per heavy atom. The highest BCUT2D eigenvalue weighted by Crippen LogP contribution is 2.37. The van der Waals surface area contributed by atoms with Gasteiger partial charge in [0.05, 0.1) is 17.2 Å². The van der Waals surface area contributed by atoms with Crippen molar-refractivity contribution in [2.75, 3.05) is 38.6 Å². The lowest BCUT2D eigenvalue weighted by Crippen LogP contribution is -2.45. The van der Waals surface area contributed by atoms with E-state index < -0.39 is 0 Å². The summed E-state index contributed by atoms with van der Waals surface area (Å²) >= 11 is 0. The van der Waals surface area contributed by atoms with Crippen LogP contribution in [0.2, 0.25) is 0 Å². The number of anilines is 1. The standard InChI is InChI=1S/C31H45N5O3/c1-21-12-13-27-26(17-21)28(36-16-15-33(4)31(36)39)20-34(27)19-24-11-8-14-35(24)30(38)25(18-29(37)22(2)32-3)23-9-6-5-7-10-23/h12-13,17,20,22-25,32H,5-11,14-16,18-19H2,1-4H3/t22-,24-,25-/m0/s1. The van der Waals surface area contributed by atoms with E-state index in [0.717, 1.165) is 73.8 Å². The molecule has 0 unspecified atom stereocenters. The molecule has 1 aliphatic carbocycles. The van der Waals surface area contributed by atoms with Gasteiger partial charge in [0.15, 0.2) is 0 Å². The maximum Gasteiger partial charge on any atom is 0.324 e. The van der Waals surface area contributed by atoms with Gasteiger partial charge in [-0.25, -0.2) is 4.79 Å². The van der Waals surface area contributed by atoms with Crippen molar-refractivity contribution in [1.29, 1.82) is 0 Å². The summed E-state index contributed by atoms with van der Waals surface area (Å²) < 4.78 is 2.25. The van der Waals surface area contributed by atoms with Crippen molar-refractivity contribution in [1.82, 2.24) is 19.7 Å². The topological polar surface area (TPSA) is 77.9 Å². The largest absolute Gasteiger partial charge is 0.343 e. The molecule has 2 aromatic rings. The van der Waals surface area contributed by atoms with Crippen LogP contribution in [0, 0.1) is 18.8 Å². The van der Waals surface area contributed by atoms with E-state index in [1.165, 1.54) is 6.42 Å². The highest BCUT2D eigenvalue weighted by Gasteiger charge is 2.39. The SMILES string of the molecule is CN[C@@H](C)C(=O)C[C@H](C(=O)N1CCC[C@H]1Cn1cc(N2CCN(C)C2=O)c2cc(C)ccc21)C1CCCCC1. The maximum atomic E-state index is 14.2. The van der Waals surface area contributed by atoms with Crippen LogP contribution in [0.15, 0.2) is 24.4 Å². The Morgan fingerprint density at radius 3 is 2.51 bits per heavy atom. The predicted octanol–water partition coefficient (Wildman–Crippen LogP) is 4.58. The van der Waals surface area contributed by atoms with E-state index in [1.54, 1.807) is 11.9 Å². The fraction of sp³-hybridized carbons (Fsp3) is 0.645. The van der Waals surface area contributed by atoms with Gasteiger partial charge in [-0.05, 0) is 64.6 Å². The van der Waals surface area contributed by atoms with E-state index in [9.17, 15) is 14.4 Å². The molecule has 0 spiro atoms. The number of urea groups is 1. The number of carbonyl (C=O) groups is 3. The second-order valence-corrected chi connectivity index (χ2v) is 12.1. The fourth-order valence-electron chi connectivity index (χ4n) is 6.93. The first-order valence-electron chi connectivity index (χ1n) is 14.9. The molecule has 212 valence electrons. The van der Waals surface area contributed by atoms with E-state index in [2.05, 4.69) is 46.1 Å². The molecule has 3 aliphatic rings. The lowest BCUT2D eigenvalue weighted by atomic mass is 9.76. The summed E-state index contributed by atoms with van der Waals surface area (Å²) in [4.78, 5) is 45.8. The number of nitrogens with zero attached hydrogens (tertiary/aromatic N) is 4. The molecule has 3 atom stereocenters. The Hall–Kier alpha value is -2.87. The molecule has 39 heavy (non-hydrogen) atoms. The molecule has 0 radical (unpaired) electrons. The number of likely N-dealkylation sites (N-methyl/N-ethyl adjacent to an activating group) is 2. The zero-order valence-electron chi connectivity index (χ0n) is 24.1. The number of amides is 3. The number of benzene rings is 1. The Morgan fingerprint density at radius 2 is 1.82 bits per heavy atom. The molecule has 3 fully saturated rings. The van der Waals surface area contributed by atoms with Gasteiger partial charge in [-0.3, -0.25) is 14.5 Å². The number of likely N-dealkylation sites (tertiary alicyclic amines) is 1. The first-order chi connectivity index (χ1) is 18.8. The van der Waals surface area contributed by atoms with Gasteiger partial charge in [-0.1, -0.05) is 30.9 Å². The smallest absolute Gasteiger partial charge is 0.324 e. The van der Waals surface area contributed by atoms with Crippen molar-refractivity contribution >= 4 is 34.3 Å². The van der Waals surface area contributed by atoms with Gasteiger partial charge < -0.3 is 19.7 Å². The van der Waals surface area contributed by atoms with Crippen LogP contribution < -0.4 is 10.2 Å². The van der Waals surface area contributed by atoms with Crippen LogP contribution in [0.4, 0.5) is 10.5 Å². The van der Waals surface area contributed by atoms with Crippen LogP contribution in [0.25, 0.3) is 10.9 Å². The number of carbonyl (C=O) groups excluding carboxylic acids is 3. The molecular formula is C31H45N5O3. The zero-order valence-corrected chi connectivity index (χ0v) is 24.1. The van der Waals surface area contributed by atoms with E-state index in [-0.39, 0.29) is 35.7 Å². The number of fused-ring (bicyclic) bond motifs is 1. The van der Waals surface area contributed by atoms with Gasteiger partial charge >= 0.3 is 6.03 Å². The average Bonchev–Trinajstić information content (AvgIpc) is 3.64. The number of aromatic nitrogens is 1. The van der Waals surface area contributed by atoms with E-state index in [4.69, 9.17) is 0 Å². The van der Waals surface area contributed by atoms with Crippen LogP contribution in [-0.4, -0.2) is 77.9 Å². The summed E-state index contributed by atoms with van der Waals surface area (Å²) in [5, 5.41) is 4.15. The predicted molar refractivity (Wildman–Crippen MR) is 155 cm³/mol.